The second-order valence-corrected chi connectivity index (χ2v) is 4.73. The fraction of sp³-hybridized carbons (Fsp3) is 0.125. The van der Waals surface area contributed by atoms with Gasteiger partial charge in [0.25, 0.3) is 0 Å². The molecule has 3 N–H and O–H groups in total. The van der Waals surface area contributed by atoms with E-state index in [1.807, 2.05) is 12.1 Å². The molecule has 7 heteroatoms. The van der Waals surface area contributed by atoms with Crippen molar-refractivity contribution in [2.75, 3.05) is 5.43 Å². The number of hydrogen-bond donors (Lipinski definition) is 2. The Kier molecular flexibility index (Phi) is 3.49. The molecule has 0 fully saturated rings. The van der Waals surface area contributed by atoms with Gasteiger partial charge in [0.2, 0.25) is 5.13 Å². The zero-order valence-corrected chi connectivity index (χ0v) is 9.38. The minimum Gasteiger partial charge on any atom is -0.298 e. The number of nitrogens with zero attached hydrogens (tertiary/aromatic N) is 3. The Labute approximate surface area is 95.1 Å². The molecule has 0 radical (unpaired) electrons. The quantitative estimate of drug-likeness (QED) is 0.478. The second-order valence-electron chi connectivity index (χ2n) is 2.62. The second kappa shape index (κ2) is 5.06. The summed E-state index contributed by atoms with van der Waals surface area (Å²) >= 11 is 3.15. The third kappa shape index (κ3) is 2.88. The van der Waals surface area contributed by atoms with Gasteiger partial charge in [-0.3, -0.25) is 10.4 Å². The maximum atomic E-state index is 5.21. The highest BCUT2D eigenvalue weighted by Crippen LogP contribution is 2.24. The van der Waals surface area contributed by atoms with Gasteiger partial charge in [-0.1, -0.05) is 11.3 Å². The topological polar surface area (TPSA) is 76.7 Å². The minimum absolute atomic E-state index is 0.639. The van der Waals surface area contributed by atoms with Crippen molar-refractivity contribution in [2.45, 2.75) is 10.6 Å². The first-order valence-electron chi connectivity index (χ1n) is 4.20. The number of nitrogens with one attached hydrogen (secondary N) is 1. The predicted octanol–water partition coefficient (Wildman–Crippen LogP) is 1.51. The number of nitrogens with two attached hydrogens (primary N) is 1. The lowest BCUT2D eigenvalue weighted by Crippen LogP contribution is -2.05. The lowest BCUT2D eigenvalue weighted by atomic mass is 10.5. The van der Waals surface area contributed by atoms with Gasteiger partial charge >= 0.3 is 0 Å². The number of nitrogen functional groups attached to an aromatic ring is 1. The van der Waals surface area contributed by atoms with Gasteiger partial charge in [-0.25, -0.2) is 5.84 Å². The van der Waals surface area contributed by atoms with Crippen molar-refractivity contribution in [2.24, 2.45) is 5.84 Å². The van der Waals surface area contributed by atoms with Crippen LogP contribution in [0.5, 0.6) is 0 Å². The van der Waals surface area contributed by atoms with Crippen LogP contribution < -0.4 is 11.3 Å². The van der Waals surface area contributed by atoms with E-state index in [0.717, 1.165) is 10.8 Å². The van der Waals surface area contributed by atoms with Gasteiger partial charge in [0.15, 0.2) is 0 Å². The van der Waals surface area contributed by atoms with Crippen LogP contribution >= 0.6 is 23.1 Å². The molecule has 0 saturated carbocycles. The molecule has 0 aliphatic heterocycles. The molecule has 15 heavy (non-hydrogen) atoms. The van der Waals surface area contributed by atoms with Crippen molar-refractivity contribution >= 4 is 28.2 Å². The maximum absolute atomic E-state index is 5.21. The van der Waals surface area contributed by atoms with Gasteiger partial charge in [0, 0.05) is 17.3 Å². The zero-order valence-electron chi connectivity index (χ0n) is 7.75. The molecule has 0 aliphatic carbocycles. The first-order valence-corrected chi connectivity index (χ1v) is 6.00. The van der Waals surface area contributed by atoms with E-state index < -0.39 is 0 Å². The Morgan fingerprint density at radius 3 is 2.80 bits per heavy atom. The van der Waals surface area contributed by atoms with Crippen LogP contribution in [0, 0.1) is 0 Å². The zero-order chi connectivity index (χ0) is 10.5. The van der Waals surface area contributed by atoms with Crippen LogP contribution in [0.4, 0.5) is 5.13 Å². The molecule has 78 valence electrons. The van der Waals surface area contributed by atoms with E-state index in [1.54, 1.807) is 24.2 Å². The molecule has 0 saturated heterocycles. The molecule has 5 nitrogen and oxygen atoms in total. The highest BCUT2D eigenvalue weighted by atomic mass is 32.2. The van der Waals surface area contributed by atoms with Gasteiger partial charge < -0.3 is 0 Å². The molecule has 0 bridgehead atoms. The van der Waals surface area contributed by atoms with E-state index in [2.05, 4.69) is 20.6 Å². The van der Waals surface area contributed by atoms with Crippen LogP contribution in [-0.4, -0.2) is 15.2 Å². The molecular weight excluding hydrogens is 230 g/mol. The molecule has 0 spiro atoms. The Hall–Kier alpha value is -1.18. The molecule has 2 rings (SSSR count). The molecule has 0 atom stereocenters. The van der Waals surface area contributed by atoms with Crippen LogP contribution in [0.2, 0.25) is 0 Å². The van der Waals surface area contributed by atoms with Crippen molar-refractivity contribution < 1.29 is 0 Å². The number of thioether (sulfide) groups is 1. The van der Waals surface area contributed by atoms with Crippen molar-refractivity contribution in [1.29, 1.82) is 0 Å². The van der Waals surface area contributed by atoms with Gasteiger partial charge in [-0.2, -0.15) is 0 Å². The predicted molar refractivity (Wildman–Crippen MR) is 61.5 cm³/mol. The largest absolute Gasteiger partial charge is 0.298 e. The molecule has 0 unspecified atom stereocenters. The van der Waals surface area contributed by atoms with Crippen molar-refractivity contribution in [1.82, 2.24) is 15.2 Å². The standard InChI is InChI=1S/C8H9N5S2/c9-11-8-13-12-7(15-8)5-14-6-1-3-10-4-2-6/h1-4H,5,9H2,(H,11,13). The van der Waals surface area contributed by atoms with E-state index in [-0.39, 0.29) is 0 Å². The Balaban J connectivity index is 1.93. The Bertz CT molecular complexity index is 416. The Morgan fingerprint density at radius 1 is 1.33 bits per heavy atom. The first kappa shape index (κ1) is 10.3. The highest BCUT2D eigenvalue weighted by molar-refractivity contribution is 7.98. The van der Waals surface area contributed by atoms with E-state index in [4.69, 9.17) is 5.84 Å². The summed E-state index contributed by atoms with van der Waals surface area (Å²) in [5, 5.41) is 9.43. The molecule has 0 aliphatic rings. The van der Waals surface area contributed by atoms with Crippen molar-refractivity contribution in [3.63, 3.8) is 0 Å². The van der Waals surface area contributed by atoms with Crippen LogP contribution in [0.25, 0.3) is 0 Å². The van der Waals surface area contributed by atoms with E-state index in [1.165, 1.54) is 16.2 Å². The summed E-state index contributed by atoms with van der Waals surface area (Å²) in [5.41, 5.74) is 2.47. The minimum atomic E-state index is 0.639. The fourth-order valence-corrected chi connectivity index (χ4v) is 2.47. The number of aromatic nitrogens is 3. The van der Waals surface area contributed by atoms with E-state index in [9.17, 15) is 0 Å². The van der Waals surface area contributed by atoms with E-state index >= 15 is 0 Å². The number of pyridine rings is 1. The number of hydrogen-bond acceptors (Lipinski definition) is 7. The summed E-state index contributed by atoms with van der Waals surface area (Å²) < 4.78 is 0. The average Bonchev–Trinajstić information content (AvgIpc) is 2.76. The number of anilines is 1. The molecule has 2 aromatic heterocycles. The highest BCUT2D eigenvalue weighted by Gasteiger charge is 2.03. The summed E-state index contributed by atoms with van der Waals surface area (Å²) in [6, 6.07) is 3.93. The number of hydrazine groups is 1. The lowest BCUT2D eigenvalue weighted by molar-refractivity contribution is 1.03. The molecule has 0 aromatic carbocycles. The molecule has 2 aromatic rings. The SMILES string of the molecule is NNc1nnc(CSc2ccncc2)s1. The van der Waals surface area contributed by atoms with Gasteiger partial charge in [-0.05, 0) is 12.1 Å². The lowest BCUT2D eigenvalue weighted by Gasteiger charge is -1.96. The first-order chi connectivity index (χ1) is 7.38. The van der Waals surface area contributed by atoms with Crippen LogP contribution in [0.3, 0.4) is 0 Å². The summed E-state index contributed by atoms with van der Waals surface area (Å²) in [4.78, 5) is 5.12. The normalized spacial score (nSPS) is 10.2. The van der Waals surface area contributed by atoms with Gasteiger partial charge in [0.1, 0.15) is 5.01 Å². The van der Waals surface area contributed by atoms with Crippen LogP contribution in [0.15, 0.2) is 29.4 Å². The van der Waals surface area contributed by atoms with Crippen molar-refractivity contribution in [3.8, 4) is 0 Å². The summed E-state index contributed by atoms with van der Waals surface area (Å²) in [6.07, 6.45) is 3.55. The molecule has 2 heterocycles. The summed E-state index contributed by atoms with van der Waals surface area (Å²) in [5.74, 6) is 6.01. The summed E-state index contributed by atoms with van der Waals surface area (Å²) in [6.45, 7) is 0. The average molecular weight is 239 g/mol. The summed E-state index contributed by atoms with van der Waals surface area (Å²) in [7, 11) is 0. The fourth-order valence-electron chi connectivity index (χ4n) is 0.950. The van der Waals surface area contributed by atoms with Crippen LogP contribution in [0.1, 0.15) is 5.01 Å². The van der Waals surface area contributed by atoms with Crippen LogP contribution in [-0.2, 0) is 5.75 Å². The third-order valence-electron chi connectivity index (χ3n) is 1.60. The van der Waals surface area contributed by atoms with Crippen molar-refractivity contribution in [3.05, 3.63) is 29.5 Å². The van der Waals surface area contributed by atoms with E-state index in [0.29, 0.717) is 5.13 Å². The van der Waals surface area contributed by atoms with Gasteiger partial charge in [-0.15, -0.1) is 22.0 Å². The maximum Gasteiger partial charge on any atom is 0.219 e. The smallest absolute Gasteiger partial charge is 0.219 e. The molecular formula is C8H9N5S2. The monoisotopic (exact) mass is 239 g/mol. The third-order valence-corrected chi connectivity index (χ3v) is 3.66. The van der Waals surface area contributed by atoms with Gasteiger partial charge in [0.05, 0.1) is 5.75 Å². The number of rotatable bonds is 4. The Morgan fingerprint density at radius 2 is 2.13 bits per heavy atom. The molecule has 0 amide bonds.